The molecule has 0 aliphatic rings. The molecule has 4 heteroatoms. The van der Waals surface area contributed by atoms with Crippen LogP contribution in [0.15, 0.2) is 22.9 Å². The maximum atomic E-state index is 5.78. The highest BCUT2D eigenvalue weighted by Gasteiger charge is 2.06. The number of nitrogens with two attached hydrogens (primary N) is 1. The van der Waals surface area contributed by atoms with Crippen molar-refractivity contribution in [3.63, 3.8) is 0 Å². The Balaban J connectivity index is 2.70. The number of benzene rings is 1. The summed E-state index contributed by atoms with van der Waals surface area (Å²) in [4.78, 5) is 6.03. The Hall–Kier alpha value is -1.71. The Kier molecular flexibility index (Phi) is 1.62. The van der Waals surface area contributed by atoms with Crippen LogP contribution in [0.3, 0.4) is 0 Å². The highest BCUT2D eigenvalue weighted by atomic mass is 16.3. The molecule has 2 rings (SSSR count). The fraction of sp³-hybridized carbons (Fsp3) is 0.222. The Morgan fingerprint density at radius 2 is 2.15 bits per heavy atom. The summed E-state index contributed by atoms with van der Waals surface area (Å²) in [6.07, 6.45) is 1.40. The molecule has 2 N–H and O–H groups in total. The van der Waals surface area contributed by atoms with Gasteiger partial charge in [0.2, 0.25) is 0 Å². The molecule has 0 saturated heterocycles. The number of fused-ring (bicyclic) bond motifs is 1. The molecule has 0 bridgehead atoms. The van der Waals surface area contributed by atoms with Crippen molar-refractivity contribution in [2.75, 3.05) is 24.7 Å². The fourth-order valence-electron chi connectivity index (χ4n) is 1.24. The Labute approximate surface area is 76.0 Å². The monoisotopic (exact) mass is 177 g/mol. The molecule has 0 saturated carbocycles. The van der Waals surface area contributed by atoms with Crippen molar-refractivity contribution in [3.8, 4) is 0 Å². The van der Waals surface area contributed by atoms with Crippen LogP contribution >= 0.6 is 0 Å². The average molecular weight is 177 g/mol. The van der Waals surface area contributed by atoms with Gasteiger partial charge >= 0.3 is 0 Å². The van der Waals surface area contributed by atoms with Crippen molar-refractivity contribution in [1.29, 1.82) is 0 Å². The van der Waals surface area contributed by atoms with Crippen LogP contribution in [-0.2, 0) is 0 Å². The van der Waals surface area contributed by atoms with E-state index >= 15 is 0 Å². The van der Waals surface area contributed by atoms with Crippen molar-refractivity contribution in [1.82, 2.24) is 4.98 Å². The maximum absolute atomic E-state index is 5.78. The summed E-state index contributed by atoms with van der Waals surface area (Å²) < 4.78 is 5.13. The number of rotatable bonds is 1. The van der Waals surface area contributed by atoms with Crippen LogP contribution in [0.4, 0.5) is 11.4 Å². The second-order valence-corrected chi connectivity index (χ2v) is 3.13. The first-order valence-corrected chi connectivity index (χ1v) is 3.98. The lowest BCUT2D eigenvalue weighted by Crippen LogP contribution is -2.08. The van der Waals surface area contributed by atoms with Crippen molar-refractivity contribution >= 4 is 22.5 Å². The molecule has 68 valence electrons. The Morgan fingerprint density at radius 3 is 2.85 bits per heavy atom. The molecular weight excluding hydrogens is 166 g/mol. The zero-order valence-electron chi connectivity index (χ0n) is 7.61. The first-order valence-electron chi connectivity index (χ1n) is 3.98. The van der Waals surface area contributed by atoms with E-state index in [4.69, 9.17) is 10.2 Å². The summed E-state index contributed by atoms with van der Waals surface area (Å²) >= 11 is 0. The quantitative estimate of drug-likeness (QED) is 0.670. The zero-order chi connectivity index (χ0) is 9.42. The molecule has 0 aliphatic carbocycles. The fourth-order valence-corrected chi connectivity index (χ4v) is 1.24. The highest BCUT2D eigenvalue weighted by Crippen LogP contribution is 2.25. The van der Waals surface area contributed by atoms with E-state index in [-0.39, 0.29) is 0 Å². The van der Waals surface area contributed by atoms with E-state index in [9.17, 15) is 0 Å². The van der Waals surface area contributed by atoms with Gasteiger partial charge in [0.15, 0.2) is 12.0 Å². The third-order valence-corrected chi connectivity index (χ3v) is 1.96. The van der Waals surface area contributed by atoms with Gasteiger partial charge in [-0.1, -0.05) is 0 Å². The van der Waals surface area contributed by atoms with Crippen molar-refractivity contribution in [3.05, 3.63) is 18.5 Å². The van der Waals surface area contributed by atoms with E-state index in [0.29, 0.717) is 11.3 Å². The minimum absolute atomic E-state index is 0.624. The summed E-state index contributed by atoms with van der Waals surface area (Å²) in [6, 6.07) is 3.81. The minimum Gasteiger partial charge on any atom is -0.441 e. The lowest BCUT2D eigenvalue weighted by atomic mass is 10.2. The lowest BCUT2D eigenvalue weighted by Gasteiger charge is -2.12. The second kappa shape index (κ2) is 2.65. The van der Waals surface area contributed by atoms with E-state index in [2.05, 4.69) is 4.98 Å². The van der Waals surface area contributed by atoms with E-state index in [1.165, 1.54) is 6.39 Å². The van der Waals surface area contributed by atoms with Gasteiger partial charge in [-0.25, -0.2) is 4.98 Å². The molecule has 1 aromatic heterocycles. The smallest absolute Gasteiger partial charge is 0.182 e. The number of oxazole rings is 1. The van der Waals surface area contributed by atoms with Gasteiger partial charge < -0.3 is 15.1 Å². The average Bonchev–Trinajstić information content (AvgIpc) is 2.51. The minimum atomic E-state index is 0.624. The molecule has 0 spiro atoms. The predicted octanol–water partition coefficient (Wildman–Crippen LogP) is 1.48. The summed E-state index contributed by atoms with van der Waals surface area (Å²) in [6.45, 7) is 0. The maximum Gasteiger partial charge on any atom is 0.182 e. The Morgan fingerprint density at radius 1 is 1.38 bits per heavy atom. The summed E-state index contributed by atoms with van der Waals surface area (Å²) in [5.74, 6) is 0. The van der Waals surface area contributed by atoms with Crippen LogP contribution in [-0.4, -0.2) is 19.1 Å². The predicted molar refractivity (Wildman–Crippen MR) is 52.7 cm³/mol. The van der Waals surface area contributed by atoms with Crippen LogP contribution < -0.4 is 10.6 Å². The summed E-state index contributed by atoms with van der Waals surface area (Å²) in [5.41, 5.74) is 8.88. The van der Waals surface area contributed by atoms with Crippen LogP contribution in [0.25, 0.3) is 11.1 Å². The third-order valence-electron chi connectivity index (χ3n) is 1.96. The van der Waals surface area contributed by atoms with E-state index in [0.717, 1.165) is 11.2 Å². The van der Waals surface area contributed by atoms with Crippen LogP contribution in [0.5, 0.6) is 0 Å². The lowest BCUT2D eigenvalue weighted by molar-refractivity contribution is 0.603. The number of nitrogens with zero attached hydrogens (tertiary/aromatic N) is 2. The van der Waals surface area contributed by atoms with Gasteiger partial charge in [-0.15, -0.1) is 0 Å². The standard InChI is InChI=1S/C9H11N3O/c1-12(2)6-3-7(10)9-8(4-6)11-5-13-9/h3-5H,10H2,1-2H3. The Bertz CT molecular complexity index is 433. The van der Waals surface area contributed by atoms with Gasteiger partial charge in [-0.05, 0) is 12.1 Å². The van der Waals surface area contributed by atoms with E-state index in [1.807, 2.05) is 31.1 Å². The SMILES string of the molecule is CN(C)c1cc(N)c2ocnc2c1. The van der Waals surface area contributed by atoms with Crippen molar-refractivity contribution < 1.29 is 4.42 Å². The molecule has 2 aromatic rings. The van der Waals surface area contributed by atoms with Gasteiger partial charge in [0.05, 0.1) is 5.69 Å². The molecule has 0 aliphatic heterocycles. The normalized spacial score (nSPS) is 10.6. The summed E-state index contributed by atoms with van der Waals surface area (Å²) in [5, 5.41) is 0. The van der Waals surface area contributed by atoms with Gasteiger partial charge in [0.1, 0.15) is 5.52 Å². The molecule has 1 heterocycles. The van der Waals surface area contributed by atoms with Crippen LogP contribution in [0.1, 0.15) is 0 Å². The van der Waals surface area contributed by atoms with E-state index < -0.39 is 0 Å². The van der Waals surface area contributed by atoms with E-state index in [1.54, 1.807) is 0 Å². The molecule has 0 unspecified atom stereocenters. The second-order valence-electron chi connectivity index (χ2n) is 3.13. The number of anilines is 2. The molecule has 0 fully saturated rings. The number of hydrogen-bond donors (Lipinski definition) is 1. The molecule has 0 amide bonds. The van der Waals surface area contributed by atoms with Crippen LogP contribution in [0.2, 0.25) is 0 Å². The first-order chi connectivity index (χ1) is 6.18. The molecule has 4 nitrogen and oxygen atoms in total. The van der Waals surface area contributed by atoms with Gasteiger partial charge in [-0.2, -0.15) is 0 Å². The highest BCUT2D eigenvalue weighted by molar-refractivity contribution is 5.88. The van der Waals surface area contributed by atoms with Crippen LogP contribution in [0, 0.1) is 0 Å². The number of hydrogen-bond acceptors (Lipinski definition) is 4. The number of aromatic nitrogens is 1. The topological polar surface area (TPSA) is 55.3 Å². The van der Waals surface area contributed by atoms with Crippen molar-refractivity contribution in [2.24, 2.45) is 0 Å². The van der Waals surface area contributed by atoms with Crippen molar-refractivity contribution in [2.45, 2.75) is 0 Å². The molecule has 13 heavy (non-hydrogen) atoms. The molecule has 0 radical (unpaired) electrons. The largest absolute Gasteiger partial charge is 0.441 e. The molecule has 1 aromatic carbocycles. The zero-order valence-corrected chi connectivity index (χ0v) is 7.61. The van der Waals surface area contributed by atoms with Gasteiger partial charge in [0.25, 0.3) is 0 Å². The summed E-state index contributed by atoms with van der Waals surface area (Å²) in [7, 11) is 3.92. The van der Waals surface area contributed by atoms with Gasteiger partial charge in [0, 0.05) is 19.8 Å². The van der Waals surface area contributed by atoms with Gasteiger partial charge in [-0.3, -0.25) is 0 Å². The first kappa shape index (κ1) is 7.91. The molecular formula is C9H11N3O. The molecule has 0 atom stereocenters. The number of nitrogen functional groups attached to an aromatic ring is 1. The third kappa shape index (κ3) is 1.20.